The number of hydrogen-bond acceptors (Lipinski definition) is 2. The number of carbonyl (C=O) groups excluding carboxylic acids is 1. The van der Waals surface area contributed by atoms with Gasteiger partial charge in [-0.1, -0.05) is 23.7 Å². The lowest BCUT2D eigenvalue weighted by molar-refractivity contribution is 0.0584. The molecule has 0 bridgehead atoms. The molecule has 1 aromatic rings. The first-order valence-corrected chi connectivity index (χ1v) is 7.22. The van der Waals surface area contributed by atoms with Gasteiger partial charge in [-0.25, -0.2) is 0 Å². The van der Waals surface area contributed by atoms with Gasteiger partial charge in [-0.3, -0.25) is 4.79 Å². The Morgan fingerprint density at radius 1 is 1.45 bits per heavy atom. The standard InChI is InChI=1S/C15H21ClN2O.ClH/c1-10-6-5-7-12(14(10)16)15(19)18-9-4-3-8-13(18)11(2)17;/h5-7,11,13H,3-4,8-9,17H2,1-2H3;1H. The minimum atomic E-state index is -0.00663. The Kier molecular flexibility index (Phi) is 6.31. The number of rotatable bonds is 2. The SMILES string of the molecule is Cc1cccc(C(=O)N2CCCCC2C(C)N)c1Cl.Cl. The second kappa shape index (κ2) is 7.30. The maximum absolute atomic E-state index is 12.7. The Bertz CT molecular complexity index is 477. The van der Waals surface area contributed by atoms with Crippen molar-refractivity contribution in [3.63, 3.8) is 0 Å². The summed E-state index contributed by atoms with van der Waals surface area (Å²) in [6.07, 6.45) is 3.16. The molecule has 2 N–H and O–H groups in total. The molecular weight excluding hydrogens is 295 g/mol. The predicted molar refractivity (Wildman–Crippen MR) is 85.8 cm³/mol. The molecule has 0 saturated carbocycles. The number of benzene rings is 1. The van der Waals surface area contributed by atoms with Gasteiger partial charge in [0.15, 0.2) is 0 Å². The van der Waals surface area contributed by atoms with Crippen LogP contribution < -0.4 is 5.73 Å². The second-order valence-corrected chi connectivity index (χ2v) is 5.74. The second-order valence-electron chi connectivity index (χ2n) is 5.36. The molecule has 0 aromatic heterocycles. The average Bonchev–Trinajstić information content (AvgIpc) is 2.41. The molecule has 1 aromatic carbocycles. The van der Waals surface area contributed by atoms with Crippen LogP contribution in [0.4, 0.5) is 0 Å². The summed E-state index contributed by atoms with van der Waals surface area (Å²) in [7, 11) is 0. The van der Waals surface area contributed by atoms with Crippen LogP contribution in [0.2, 0.25) is 5.02 Å². The largest absolute Gasteiger partial charge is 0.334 e. The van der Waals surface area contributed by atoms with E-state index >= 15 is 0 Å². The van der Waals surface area contributed by atoms with Crippen molar-refractivity contribution in [2.45, 2.75) is 45.2 Å². The van der Waals surface area contributed by atoms with Crippen LogP contribution in [0.3, 0.4) is 0 Å². The van der Waals surface area contributed by atoms with Crippen LogP contribution in [0.1, 0.15) is 42.1 Å². The van der Waals surface area contributed by atoms with Gasteiger partial charge in [0.1, 0.15) is 0 Å². The molecule has 3 nitrogen and oxygen atoms in total. The minimum Gasteiger partial charge on any atom is -0.334 e. The molecule has 1 saturated heterocycles. The Morgan fingerprint density at radius 2 is 2.15 bits per heavy atom. The molecule has 1 heterocycles. The normalized spacial score (nSPS) is 20.2. The van der Waals surface area contributed by atoms with Crippen molar-refractivity contribution >= 4 is 29.9 Å². The summed E-state index contributed by atoms with van der Waals surface area (Å²) < 4.78 is 0. The highest BCUT2D eigenvalue weighted by atomic mass is 35.5. The lowest BCUT2D eigenvalue weighted by Gasteiger charge is -2.38. The topological polar surface area (TPSA) is 46.3 Å². The predicted octanol–water partition coefficient (Wildman–Crippen LogP) is 3.41. The zero-order valence-electron chi connectivity index (χ0n) is 11.9. The third-order valence-corrected chi connectivity index (χ3v) is 4.34. The van der Waals surface area contributed by atoms with Gasteiger partial charge >= 0.3 is 0 Å². The Hall–Kier alpha value is -0.770. The summed E-state index contributed by atoms with van der Waals surface area (Å²) in [4.78, 5) is 14.6. The first-order chi connectivity index (χ1) is 9.02. The third-order valence-electron chi connectivity index (χ3n) is 3.84. The molecule has 2 rings (SSSR count). The highest BCUT2D eigenvalue weighted by Gasteiger charge is 2.30. The molecule has 1 aliphatic rings. The molecule has 2 atom stereocenters. The van der Waals surface area contributed by atoms with Crippen molar-refractivity contribution in [3.8, 4) is 0 Å². The lowest BCUT2D eigenvalue weighted by atomic mass is 9.96. The van der Waals surface area contributed by atoms with Crippen LogP contribution >= 0.6 is 24.0 Å². The van der Waals surface area contributed by atoms with E-state index in [9.17, 15) is 4.79 Å². The Labute approximate surface area is 131 Å². The zero-order valence-corrected chi connectivity index (χ0v) is 13.5. The molecule has 112 valence electrons. The number of amides is 1. The molecule has 5 heteroatoms. The monoisotopic (exact) mass is 316 g/mol. The molecule has 0 spiro atoms. The van der Waals surface area contributed by atoms with Gasteiger partial charge in [0.2, 0.25) is 0 Å². The van der Waals surface area contributed by atoms with Gasteiger partial charge in [-0.15, -0.1) is 12.4 Å². The summed E-state index contributed by atoms with van der Waals surface area (Å²) in [6.45, 7) is 4.65. The van der Waals surface area contributed by atoms with E-state index in [1.165, 1.54) is 0 Å². The van der Waals surface area contributed by atoms with Gasteiger partial charge < -0.3 is 10.6 Å². The summed E-state index contributed by atoms with van der Waals surface area (Å²) in [5.74, 6) is 0.00991. The highest BCUT2D eigenvalue weighted by molar-refractivity contribution is 6.34. The summed E-state index contributed by atoms with van der Waals surface area (Å²) in [5, 5.41) is 0.557. The van der Waals surface area contributed by atoms with E-state index in [2.05, 4.69) is 0 Å². The average molecular weight is 317 g/mol. The van der Waals surface area contributed by atoms with Gasteiger partial charge in [-0.05, 0) is 44.7 Å². The fourth-order valence-electron chi connectivity index (χ4n) is 2.72. The first kappa shape index (κ1) is 17.3. The van der Waals surface area contributed by atoms with E-state index in [1.807, 2.05) is 30.9 Å². The van der Waals surface area contributed by atoms with Gasteiger partial charge in [0.05, 0.1) is 10.6 Å². The molecule has 1 aliphatic heterocycles. The maximum Gasteiger partial charge on any atom is 0.255 e. The van der Waals surface area contributed by atoms with Gasteiger partial charge in [0.25, 0.3) is 5.91 Å². The number of piperidine rings is 1. The number of aryl methyl sites for hydroxylation is 1. The molecule has 20 heavy (non-hydrogen) atoms. The minimum absolute atomic E-state index is 0. The molecule has 2 unspecified atom stereocenters. The fourth-order valence-corrected chi connectivity index (χ4v) is 2.93. The number of hydrogen-bond donors (Lipinski definition) is 1. The summed E-state index contributed by atoms with van der Waals surface area (Å²) in [5.41, 5.74) is 7.54. The van der Waals surface area contributed by atoms with Crippen LogP contribution in [0.15, 0.2) is 18.2 Å². The van der Waals surface area contributed by atoms with Gasteiger partial charge in [0, 0.05) is 18.6 Å². The van der Waals surface area contributed by atoms with E-state index in [1.54, 1.807) is 6.07 Å². The number of likely N-dealkylation sites (tertiary alicyclic amines) is 1. The number of nitrogens with zero attached hydrogens (tertiary/aromatic N) is 1. The van der Waals surface area contributed by atoms with E-state index in [0.717, 1.165) is 31.4 Å². The third kappa shape index (κ3) is 3.46. The number of nitrogens with two attached hydrogens (primary N) is 1. The maximum atomic E-state index is 12.7. The van der Waals surface area contributed by atoms with Crippen LogP contribution in [-0.2, 0) is 0 Å². The van der Waals surface area contributed by atoms with E-state index in [-0.39, 0.29) is 30.4 Å². The number of carbonyl (C=O) groups is 1. The van der Waals surface area contributed by atoms with Gasteiger partial charge in [-0.2, -0.15) is 0 Å². The Balaban J connectivity index is 0.00000200. The van der Waals surface area contributed by atoms with Crippen molar-refractivity contribution in [1.29, 1.82) is 0 Å². The first-order valence-electron chi connectivity index (χ1n) is 6.84. The van der Waals surface area contributed by atoms with E-state index in [4.69, 9.17) is 17.3 Å². The van der Waals surface area contributed by atoms with E-state index in [0.29, 0.717) is 10.6 Å². The summed E-state index contributed by atoms with van der Waals surface area (Å²) >= 11 is 6.26. The van der Waals surface area contributed by atoms with Crippen LogP contribution in [0.25, 0.3) is 0 Å². The molecule has 1 amide bonds. The van der Waals surface area contributed by atoms with Crippen LogP contribution in [0.5, 0.6) is 0 Å². The van der Waals surface area contributed by atoms with Crippen LogP contribution in [0, 0.1) is 6.92 Å². The van der Waals surface area contributed by atoms with Crippen LogP contribution in [-0.4, -0.2) is 29.4 Å². The number of halogens is 2. The fraction of sp³-hybridized carbons (Fsp3) is 0.533. The highest BCUT2D eigenvalue weighted by Crippen LogP contribution is 2.26. The lowest BCUT2D eigenvalue weighted by Crippen LogP contribution is -2.51. The molecular formula is C15H22Cl2N2O. The Morgan fingerprint density at radius 3 is 2.80 bits per heavy atom. The molecule has 0 aliphatic carbocycles. The molecule has 1 fully saturated rings. The van der Waals surface area contributed by atoms with Crippen molar-refractivity contribution in [2.75, 3.05) is 6.54 Å². The molecule has 0 radical (unpaired) electrons. The van der Waals surface area contributed by atoms with Crippen molar-refractivity contribution in [1.82, 2.24) is 4.90 Å². The van der Waals surface area contributed by atoms with Crippen molar-refractivity contribution in [3.05, 3.63) is 34.3 Å². The summed E-state index contributed by atoms with van der Waals surface area (Å²) in [6, 6.07) is 5.70. The van der Waals surface area contributed by atoms with E-state index < -0.39 is 0 Å². The van der Waals surface area contributed by atoms with Crippen molar-refractivity contribution in [2.24, 2.45) is 5.73 Å². The smallest absolute Gasteiger partial charge is 0.255 e. The zero-order chi connectivity index (χ0) is 14.0. The van der Waals surface area contributed by atoms with Crippen molar-refractivity contribution < 1.29 is 4.79 Å². The quantitative estimate of drug-likeness (QED) is 0.908.